The molecule has 3 N–H and O–H groups in total. The molecule has 0 aliphatic heterocycles. The zero-order valence-electron chi connectivity index (χ0n) is 11.6. The molecule has 0 saturated carbocycles. The number of nitrogens with one attached hydrogen (secondary N) is 3. The molecule has 116 valence electrons. The van der Waals surface area contributed by atoms with Gasteiger partial charge in [0.25, 0.3) is 5.91 Å². The number of carbonyl (C=O) groups excluding carboxylic acids is 1. The van der Waals surface area contributed by atoms with Crippen LogP contribution in [0.4, 0.5) is 14.6 Å². The van der Waals surface area contributed by atoms with Gasteiger partial charge in [0.2, 0.25) is 5.56 Å². The van der Waals surface area contributed by atoms with Crippen LogP contribution in [0.25, 0.3) is 11.3 Å². The molecule has 3 rings (SSSR count). The van der Waals surface area contributed by atoms with Gasteiger partial charge in [0.05, 0.1) is 5.69 Å². The van der Waals surface area contributed by atoms with Crippen LogP contribution in [-0.4, -0.2) is 21.1 Å². The van der Waals surface area contributed by atoms with Gasteiger partial charge in [-0.2, -0.15) is 5.10 Å². The number of rotatable bonds is 3. The Labute approximate surface area is 128 Å². The van der Waals surface area contributed by atoms with Crippen molar-refractivity contribution in [1.82, 2.24) is 15.2 Å². The third kappa shape index (κ3) is 3.31. The molecule has 2 heterocycles. The first kappa shape index (κ1) is 14.6. The molecule has 0 aliphatic carbocycles. The van der Waals surface area contributed by atoms with E-state index in [0.717, 1.165) is 18.2 Å². The Morgan fingerprint density at radius 3 is 2.52 bits per heavy atom. The lowest BCUT2D eigenvalue weighted by molar-refractivity contribution is 0.102. The van der Waals surface area contributed by atoms with Crippen molar-refractivity contribution in [3.63, 3.8) is 0 Å². The van der Waals surface area contributed by atoms with E-state index < -0.39 is 23.1 Å². The zero-order chi connectivity index (χ0) is 16.4. The summed E-state index contributed by atoms with van der Waals surface area (Å²) >= 11 is 0. The van der Waals surface area contributed by atoms with Gasteiger partial charge in [-0.15, -0.1) is 0 Å². The van der Waals surface area contributed by atoms with Crippen molar-refractivity contribution in [2.75, 3.05) is 5.32 Å². The maximum absolute atomic E-state index is 13.2. The first-order valence-electron chi connectivity index (χ1n) is 6.54. The van der Waals surface area contributed by atoms with Gasteiger partial charge in [-0.05, 0) is 18.2 Å². The molecule has 0 unspecified atom stereocenters. The summed E-state index contributed by atoms with van der Waals surface area (Å²) in [5.41, 5.74) is 0.248. The maximum Gasteiger partial charge on any atom is 0.273 e. The Kier molecular flexibility index (Phi) is 3.71. The van der Waals surface area contributed by atoms with Gasteiger partial charge in [0.1, 0.15) is 17.3 Å². The molecule has 0 aliphatic rings. The first-order chi connectivity index (χ1) is 11.0. The summed E-state index contributed by atoms with van der Waals surface area (Å²) < 4.78 is 26.4. The normalized spacial score (nSPS) is 10.5. The van der Waals surface area contributed by atoms with Crippen molar-refractivity contribution in [1.29, 1.82) is 0 Å². The van der Waals surface area contributed by atoms with Crippen LogP contribution in [0.15, 0.2) is 47.3 Å². The number of hydrogen-bond acceptors (Lipinski definition) is 3. The molecular weight excluding hydrogens is 306 g/mol. The Bertz CT molecular complexity index is 913. The molecule has 1 amide bonds. The third-order valence-electron chi connectivity index (χ3n) is 3.01. The van der Waals surface area contributed by atoms with Gasteiger partial charge in [-0.1, -0.05) is 6.07 Å². The summed E-state index contributed by atoms with van der Waals surface area (Å²) in [6.45, 7) is 0. The minimum absolute atomic E-state index is 0.0684. The van der Waals surface area contributed by atoms with Crippen molar-refractivity contribution in [2.24, 2.45) is 0 Å². The monoisotopic (exact) mass is 316 g/mol. The number of nitrogens with zero attached hydrogens (tertiary/aromatic N) is 1. The predicted octanol–water partition coefficient (Wildman–Crippen LogP) is 2.30. The molecule has 2 aromatic heterocycles. The third-order valence-corrected chi connectivity index (χ3v) is 3.01. The van der Waals surface area contributed by atoms with Crippen molar-refractivity contribution in [3.05, 3.63) is 70.1 Å². The zero-order valence-corrected chi connectivity index (χ0v) is 11.6. The summed E-state index contributed by atoms with van der Waals surface area (Å²) in [5.74, 6) is -1.85. The van der Waals surface area contributed by atoms with Crippen LogP contribution in [0, 0.1) is 11.6 Å². The highest BCUT2D eigenvalue weighted by Gasteiger charge is 2.11. The van der Waals surface area contributed by atoms with Crippen LogP contribution in [0.5, 0.6) is 0 Å². The van der Waals surface area contributed by atoms with E-state index in [1.807, 2.05) is 0 Å². The van der Waals surface area contributed by atoms with Gasteiger partial charge in [-0.25, -0.2) is 8.78 Å². The highest BCUT2D eigenvalue weighted by atomic mass is 19.1. The Balaban J connectivity index is 1.82. The number of halogens is 2. The number of aromatic amines is 2. The van der Waals surface area contributed by atoms with Gasteiger partial charge >= 0.3 is 0 Å². The summed E-state index contributed by atoms with van der Waals surface area (Å²) in [7, 11) is 0. The maximum atomic E-state index is 13.2. The number of hydrogen-bond donors (Lipinski definition) is 3. The van der Waals surface area contributed by atoms with Gasteiger partial charge in [0.15, 0.2) is 5.82 Å². The summed E-state index contributed by atoms with van der Waals surface area (Å²) in [6, 6.07) is 8.61. The number of aromatic nitrogens is 3. The SMILES string of the molecule is O=C(Nc1cc(-c2cc(F)cc(F)c2)[nH]n1)c1cccc(=O)[nH]1. The fourth-order valence-electron chi connectivity index (χ4n) is 2.01. The summed E-state index contributed by atoms with van der Waals surface area (Å²) in [5, 5.41) is 8.89. The van der Waals surface area contributed by atoms with Crippen LogP contribution in [0.1, 0.15) is 10.5 Å². The largest absolute Gasteiger partial charge is 0.318 e. The van der Waals surface area contributed by atoms with Crippen LogP contribution < -0.4 is 10.9 Å². The highest BCUT2D eigenvalue weighted by Crippen LogP contribution is 2.22. The lowest BCUT2D eigenvalue weighted by Crippen LogP contribution is -2.18. The Morgan fingerprint density at radius 1 is 1.09 bits per heavy atom. The minimum atomic E-state index is -0.720. The van der Waals surface area contributed by atoms with E-state index in [-0.39, 0.29) is 17.1 Å². The number of anilines is 1. The molecule has 0 bridgehead atoms. The topological polar surface area (TPSA) is 90.6 Å². The van der Waals surface area contributed by atoms with Gasteiger partial charge in [-0.3, -0.25) is 14.7 Å². The smallest absolute Gasteiger partial charge is 0.273 e. The second-order valence-corrected chi connectivity index (χ2v) is 4.71. The molecule has 0 saturated heterocycles. The molecule has 8 heteroatoms. The van der Waals surface area contributed by atoms with Crippen molar-refractivity contribution >= 4 is 11.7 Å². The van der Waals surface area contributed by atoms with Gasteiger partial charge in [0, 0.05) is 23.8 Å². The van der Waals surface area contributed by atoms with E-state index in [1.165, 1.54) is 24.3 Å². The molecule has 23 heavy (non-hydrogen) atoms. The average molecular weight is 316 g/mol. The number of pyridine rings is 1. The number of amides is 1. The molecule has 0 fully saturated rings. The number of H-pyrrole nitrogens is 2. The lowest BCUT2D eigenvalue weighted by atomic mass is 10.1. The quantitative estimate of drug-likeness (QED) is 0.692. The molecule has 1 aromatic carbocycles. The van der Waals surface area contributed by atoms with Crippen molar-refractivity contribution < 1.29 is 13.6 Å². The number of benzene rings is 1. The van der Waals surface area contributed by atoms with Crippen molar-refractivity contribution in [3.8, 4) is 11.3 Å². The van der Waals surface area contributed by atoms with Crippen molar-refractivity contribution in [2.45, 2.75) is 0 Å². The van der Waals surface area contributed by atoms with Crippen LogP contribution >= 0.6 is 0 Å². The van der Waals surface area contributed by atoms with E-state index in [4.69, 9.17) is 0 Å². The fourth-order valence-corrected chi connectivity index (χ4v) is 2.01. The van der Waals surface area contributed by atoms with E-state index >= 15 is 0 Å². The fraction of sp³-hybridized carbons (Fsp3) is 0. The summed E-state index contributed by atoms with van der Waals surface area (Å²) in [6.07, 6.45) is 0. The molecule has 3 aromatic rings. The summed E-state index contributed by atoms with van der Waals surface area (Å²) in [4.78, 5) is 25.5. The average Bonchev–Trinajstić information content (AvgIpc) is 2.95. The van der Waals surface area contributed by atoms with Crippen LogP contribution in [0.3, 0.4) is 0 Å². The Hall–Kier alpha value is -3.29. The predicted molar refractivity (Wildman–Crippen MR) is 79.0 cm³/mol. The molecular formula is C15H10F2N4O2. The molecule has 0 atom stereocenters. The molecule has 0 radical (unpaired) electrons. The Morgan fingerprint density at radius 2 is 1.83 bits per heavy atom. The van der Waals surface area contributed by atoms with Gasteiger partial charge < -0.3 is 10.3 Å². The molecule has 6 nitrogen and oxygen atoms in total. The van der Waals surface area contributed by atoms with E-state index in [2.05, 4.69) is 20.5 Å². The highest BCUT2D eigenvalue weighted by molar-refractivity contribution is 6.02. The second-order valence-electron chi connectivity index (χ2n) is 4.71. The molecule has 0 spiro atoms. The van der Waals surface area contributed by atoms with E-state index in [0.29, 0.717) is 5.69 Å². The second kappa shape index (κ2) is 5.84. The van der Waals surface area contributed by atoms with Crippen LogP contribution in [-0.2, 0) is 0 Å². The first-order valence-corrected chi connectivity index (χ1v) is 6.54. The van der Waals surface area contributed by atoms with E-state index in [1.54, 1.807) is 0 Å². The van der Waals surface area contributed by atoms with E-state index in [9.17, 15) is 18.4 Å². The number of carbonyl (C=O) groups is 1. The standard InChI is InChI=1S/C15H10F2N4O2/c16-9-4-8(5-10(17)6-9)12-7-13(21-20-12)19-15(23)11-2-1-3-14(22)18-11/h1-7H,(H,18,22)(H2,19,20,21,23). The minimum Gasteiger partial charge on any atom is -0.318 e. The lowest BCUT2D eigenvalue weighted by Gasteiger charge is -2.00. The van der Waals surface area contributed by atoms with Crippen LogP contribution in [0.2, 0.25) is 0 Å².